The molecule has 1 heterocycles. The van der Waals surface area contributed by atoms with Crippen LogP contribution in [0, 0.1) is 5.92 Å². The predicted octanol–water partition coefficient (Wildman–Crippen LogP) is 2.09. The first-order chi connectivity index (χ1) is 8.01. The molecule has 1 saturated heterocycles. The van der Waals surface area contributed by atoms with E-state index in [1.54, 1.807) is 0 Å². The van der Waals surface area contributed by atoms with E-state index in [1.807, 2.05) is 0 Å². The van der Waals surface area contributed by atoms with E-state index in [1.165, 1.54) is 6.42 Å². The summed E-state index contributed by atoms with van der Waals surface area (Å²) in [6.45, 7) is 4.16. The fourth-order valence-electron chi connectivity index (χ4n) is 1.72. The number of nitrogens with one attached hydrogen (secondary N) is 1. The fourth-order valence-corrected chi connectivity index (χ4v) is 1.91. The number of carbonyl (C=O) groups excluding carboxylic acids is 1. The van der Waals surface area contributed by atoms with Crippen LogP contribution in [0.4, 0.5) is 0 Å². The van der Waals surface area contributed by atoms with E-state index in [0.717, 1.165) is 19.3 Å². The Morgan fingerprint density at radius 1 is 1.53 bits per heavy atom. The van der Waals surface area contributed by atoms with Crippen LogP contribution in [0.15, 0.2) is 0 Å². The number of carboxylic acid groups (broad SMARTS) is 1. The molecule has 1 fully saturated rings. The number of amides is 1. The highest BCUT2D eigenvalue weighted by molar-refractivity contribution is 7.80. The van der Waals surface area contributed by atoms with Crippen molar-refractivity contribution in [3.8, 4) is 0 Å². The van der Waals surface area contributed by atoms with Crippen LogP contribution < -0.4 is 5.32 Å². The number of rotatable bonds is 3. The first kappa shape index (κ1) is 16.3. The third-order valence-corrected chi connectivity index (χ3v) is 2.99. The Bertz CT molecular complexity index is 246. The zero-order chi connectivity index (χ0) is 13.3. The Kier molecular flexibility index (Phi) is 8.94. The SMILES string of the molecule is CCC1CCCC(C)NC1=O.O=C(O)CCS. The standard InChI is InChI=1S/C9H17NO.C3H6O2S/c1-3-8-6-4-5-7(2)10-9(8)11;4-3(5)1-2-6/h7-8H,3-6H2,1-2H3,(H,10,11);6H,1-2H2,(H,4,5). The van der Waals surface area contributed by atoms with E-state index >= 15 is 0 Å². The third kappa shape index (κ3) is 8.07. The monoisotopic (exact) mass is 261 g/mol. The molecule has 2 unspecified atom stereocenters. The third-order valence-electron chi connectivity index (χ3n) is 2.77. The van der Waals surface area contributed by atoms with Gasteiger partial charge in [0.15, 0.2) is 0 Å². The second kappa shape index (κ2) is 9.33. The van der Waals surface area contributed by atoms with Gasteiger partial charge in [0.1, 0.15) is 0 Å². The summed E-state index contributed by atoms with van der Waals surface area (Å²) < 4.78 is 0. The number of thiol groups is 1. The van der Waals surface area contributed by atoms with Gasteiger partial charge in [-0.1, -0.05) is 13.3 Å². The van der Waals surface area contributed by atoms with Crippen LogP contribution in [0.2, 0.25) is 0 Å². The number of hydrogen-bond donors (Lipinski definition) is 3. The van der Waals surface area contributed by atoms with Crippen molar-refractivity contribution in [3.05, 3.63) is 0 Å². The van der Waals surface area contributed by atoms with Crippen LogP contribution in [0.3, 0.4) is 0 Å². The lowest BCUT2D eigenvalue weighted by molar-refractivity contribution is -0.136. The van der Waals surface area contributed by atoms with E-state index in [0.29, 0.717) is 11.8 Å². The Labute approximate surface area is 109 Å². The topological polar surface area (TPSA) is 66.4 Å². The van der Waals surface area contributed by atoms with Gasteiger partial charge >= 0.3 is 5.97 Å². The summed E-state index contributed by atoms with van der Waals surface area (Å²) in [5, 5.41) is 10.9. The molecular formula is C12H23NO3S. The van der Waals surface area contributed by atoms with Gasteiger partial charge in [-0.15, -0.1) is 0 Å². The predicted molar refractivity (Wildman–Crippen MR) is 71.3 cm³/mol. The van der Waals surface area contributed by atoms with Gasteiger partial charge in [0.25, 0.3) is 0 Å². The average Bonchev–Trinajstić information content (AvgIpc) is 2.39. The smallest absolute Gasteiger partial charge is 0.304 e. The zero-order valence-electron chi connectivity index (χ0n) is 10.6. The molecule has 1 amide bonds. The normalized spacial score (nSPS) is 24.1. The number of carboxylic acids is 1. The molecule has 5 heteroatoms. The zero-order valence-corrected chi connectivity index (χ0v) is 11.5. The van der Waals surface area contributed by atoms with Gasteiger partial charge in [0.2, 0.25) is 5.91 Å². The van der Waals surface area contributed by atoms with Crippen molar-refractivity contribution in [2.45, 2.75) is 52.0 Å². The summed E-state index contributed by atoms with van der Waals surface area (Å²) in [5.41, 5.74) is 0. The Morgan fingerprint density at radius 3 is 2.59 bits per heavy atom. The molecule has 2 atom stereocenters. The van der Waals surface area contributed by atoms with Crippen LogP contribution >= 0.6 is 12.6 Å². The second-order valence-electron chi connectivity index (χ2n) is 4.31. The van der Waals surface area contributed by atoms with Gasteiger partial charge in [-0.3, -0.25) is 9.59 Å². The highest BCUT2D eigenvalue weighted by Gasteiger charge is 2.21. The van der Waals surface area contributed by atoms with Crippen LogP contribution in [-0.2, 0) is 9.59 Å². The molecule has 0 aromatic heterocycles. The maximum atomic E-state index is 11.3. The lowest BCUT2D eigenvalue weighted by atomic mass is 10.00. The molecule has 1 aliphatic heterocycles. The van der Waals surface area contributed by atoms with Crippen LogP contribution in [0.1, 0.15) is 46.0 Å². The largest absolute Gasteiger partial charge is 0.481 e. The Morgan fingerprint density at radius 2 is 2.18 bits per heavy atom. The molecule has 1 aliphatic rings. The van der Waals surface area contributed by atoms with E-state index < -0.39 is 5.97 Å². The molecule has 0 aromatic rings. The van der Waals surface area contributed by atoms with E-state index in [9.17, 15) is 9.59 Å². The fraction of sp³-hybridized carbons (Fsp3) is 0.833. The van der Waals surface area contributed by atoms with E-state index in [-0.39, 0.29) is 18.2 Å². The number of hydrogen-bond acceptors (Lipinski definition) is 3. The second-order valence-corrected chi connectivity index (χ2v) is 4.76. The number of aliphatic carboxylic acids is 1. The van der Waals surface area contributed by atoms with Crippen molar-refractivity contribution in [1.29, 1.82) is 0 Å². The minimum absolute atomic E-state index is 0.156. The van der Waals surface area contributed by atoms with Crippen molar-refractivity contribution in [1.82, 2.24) is 5.32 Å². The molecule has 1 rings (SSSR count). The molecule has 0 radical (unpaired) electrons. The van der Waals surface area contributed by atoms with Gasteiger partial charge < -0.3 is 10.4 Å². The molecule has 17 heavy (non-hydrogen) atoms. The van der Waals surface area contributed by atoms with Crippen molar-refractivity contribution in [2.75, 3.05) is 5.75 Å². The summed E-state index contributed by atoms with van der Waals surface area (Å²) in [6.07, 6.45) is 4.55. The molecule has 0 spiro atoms. The van der Waals surface area contributed by atoms with Crippen LogP contribution in [-0.4, -0.2) is 28.8 Å². The summed E-state index contributed by atoms with van der Waals surface area (Å²) in [6, 6.07) is 0.388. The van der Waals surface area contributed by atoms with Gasteiger partial charge in [-0.2, -0.15) is 12.6 Å². The molecule has 100 valence electrons. The van der Waals surface area contributed by atoms with Crippen LogP contribution in [0.25, 0.3) is 0 Å². The van der Waals surface area contributed by atoms with Gasteiger partial charge in [0, 0.05) is 17.7 Å². The van der Waals surface area contributed by atoms with Crippen molar-refractivity contribution in [3.63, 3.8) is 0 Å². The van der Waals surface area contributed by atoms with Crippen molar-refractivity contribution < 1.29 is 14.7 Å². The summed E-state index contributed by atoms with van der Waals surface area (Å²) in [5.74, 6) is 0.178. The minimum Gasteiger partial charge on any atom is -0.481 e. The molecule has 4 nitrogen and oxygen atoms in total. The van der Waals surface area contributed by atoms with E-state index in [4.69, 9.17) is 5.11 Å². The van der Waals surface area contributed by atoms with E-state index in [2.05, 4.69) is 31.8 Å². The summed E-state index contributed by atoms with van der Waals surface area (Å²) in [7, 11) is 0. The lowest BCUT2D eigenvalue weighted by Gasteiger charge is -2.11. The highest BCUT2D eigenvalue weighted by atomic mass is 32.1. The van der Waals surface area contributed by atoms with Gasteiger partial charge in [-0.05, 0) is 26.2 Å². The Hall–Kier alpha value is -0.710. The van der Waals surface area contributed by atoms with Crippen LogP contribution in [0.5, 0.6) is 0 Å². The maximum Gasteiger partial charge on any atom is 0.304 e. The molecular weight excluding hydrogens is 238 g/mol. The summed E-state index contributed by atoms with van der Waals surface area (Å²) in [4.78, 5) is 20.9. The van der Waals surface area contributed by atoms with Crippen molar-refractivity contribution >= 4 is 24.5 Å². The molecule has 0 aliphatic carbocycles. The van der Waals surface area contributed by atoms with Gasteiger partial charge in [-0.25, -0.2) is 0 Å². The highest BCUT2D eigenvalue weighted by Crippen LogP contribution is 2.17. The minimum atomic E-state index is -0.787. The molecule has 2 N–H and O–H groups in total. The maximum absolute atomic E-state index is 11.3. The first-order valence-corrected chi connectivity index (χ1v) is 6.77. The summed E-state index contributed by atoms with van der Waals surface area (Å²) >= 11 is 3.68. The first-order valence-electron chi connectivity index (χ1n) is 6.14. The molecule has 0 aromatic carbocycles. The number of carbonyl (C=O) groups is 2. The van der Waals surface area contributed by atoms with Gasteiger partial charge in [0.05, 0.1) is 6.42 Å². The quantitative estimate of drug-likeness (QED) is 0.682. The molecule has 0 saturated carbocycles. The lowest BCUT2D eigenvalue weighted by Crippen LogP contribution is -2.34. The molecule has 0 bridgehead atoms. The van der Waals surface area contributed by atoms with Crippen molar-refractivity contribution in [2.24, 2.45) is 5.92 Å². The average molecular weight is 261 g/mol. The Balaban J connectivity index is 0.000000366.